The summed E-state index contributed by atoms with van der Waals surface area (Å²) >= 11 is 0. The zero-order chi connectivity index (χ0) is 35.8. The van der Waals surface area contributed by atoms with E-state index in [1.807, 2.05) is 54.6 Å². The fraction of sp³-hybridized carbons (Fsp3) is 0. The predicted octanol–water partition coefficient (Wildman–Crippen LogP) is 12.7. The Kier molecular flexibility index (Phi) is 7.77. The Balaban J connectivity index is 1.04. The normalized spacial score (nSPS) is 11.3. The molecule has 3 heterocycles. The molecular weight excluding hydrogens is 657 g/mol. The van der Waals surface area contributed by atoms with Crippen LogP contribution in [0.3, 0.4) is 0 Å². The maximum absolute atomic E-state index is 5.29. The minimum atomic E-state index is 0.697. The minimum Gasteiger partial charge on any atom is -0.245 e. The molecule has 0 spiro atoms. The van der Waals surface area contributed by atoms with E-state index in [1.54, 1.807) is 0 Å². The van der Waals surface area contributed by atoms with Crippen LogP contribution in [0.25, 0.3) is 100 Å². The third-order valence-corrected chi connectivity index (χ3v) is 10.1. The molecule has 0 N–H and O–H groups in total. The Hall–Kier alpha value is -7.30. The molecule has 54 heavy (non-hydrogen) atoms. The van der Waals surface area contributed by atoms with Crippen molar-refractivity contribution in [3.63, 3.8) is 0 Å². The molecule has 10 aromatic rings. The van der Waals surface area contributed by atoms with Gasteiger partial charge in [-0.1, -0.05) is 176 Å². The summed E-state index contributed by atoms with van der Waals surface area (Å²) in [5.74, 6) is 0.697. The van der Waals surface area contributed by atoms with Crippen LogP contribution < -0.4 is 0 Å². The fourth-order valence-electron chi connectivity index (χ4n) is 7.35. The number of benzene rings is 7. The van der Waals surface area contributed by atoms with Crippen LogP contribution in [-0.4, -0.2) is 19.9 Å². The lowest BCUT2D eigenvalue weighted by atomic mass is 9.93. The van der Waals surface area contributed by atoms with E-state index in [4.69, 9.17) is 19.9 Å². The van der Waals surface area contributed by atoms with E-state index >= 15 is 0 Å². The number of fused-ring (bicyclic) bond motifs is 4. The Morgan fingerprint density at radius 2 is 0.685 bits per heavy atom. The summed E-state index contributed by atoms with van der Waals surface area (Å²) in [6.07, 6.45) is 0. The van der Waals surface area contributed by atoms with Crippen molar-refractivity contribution in [1.82, 2.24) is 19.9 Å². The van der Waals surface area contributed by atoms with E-state index in [1.165, 1.54) is 5.39 Å². The molecule has 252 valence electrons. The standard InChI is InChI=1S/C50H32N4/c1-4-12-34(13-5-1)44-30-26-37-22-23-38-27-31-45(52-49(38)48(37)51-44)43-29-28-40(41-18-10-11-19-42(41)43)33-20-24-39(25-21-33)50-53-46(35-14-6-2-7-15-35)32-47(54-50)36-16-8-3-9-17-36/h1-32H. The van der Waals surface area contributed by atoms with Gasteiger partial charge in [-0.2, -0.15) is 0 Å². The molecule has 4 heteroatoms. The Morgan fingerprint density at radius 3 is 1.26 bits per heavy atom. The van der Waals surface area contributed by atoms with Crippen LogP contribution in [-0.2, 0) is 0 Å². The van der Waals surface area contributed by atoms with Crippen LogP contribution >= 0.6 is 0 Å². The summed E-state index contributed by atoms with van der Waals surface area (Å²) in [6.45, 7) is 0. The highest BCUT2D eigenvalue weighted by Crippen LogP contribution is 2.37. The molecule has 0 atom stereocenters. The van der Waals surface area contributed by atoms with Crippen LogP contribution in [0.1, 0.15) is 0 Å². The van der Waals surface area contributed by atoms with Gasteiger partial charge in [0, 0.05) is 38.6 Å². The molecule has 10 rings (SSSR count). The van der Waals surface area contributed by atoms with Crippen LogP contribution in [0.15, 0.2) is 194 Å². The summed E-state index contributed by atoms with van der Waals surface area (Å²) < 4.78 is 0. The topological polar surface area (TPSA) is 51.6 Å². The van der Waals surface area contributed by atoms with Crippen LogP contribution in [0.4, 0.5) is 0 Å². The average Bonchev–Trinajstić information content (AvgIpc) is 3.26. The Bertz CT molecular complexity index is 2900. The first-order valence-corrected chi connectivity index (χ1v) is 18.1. The first-order chi connectivity index (χ1) is 26.7. The largest absolute Gasteiger partial charge is 0.245 e. The predicted molar refractivity (Wildman–Crippen MR) is 223 cm³/mol. The van der Waals surface area contributed by atoms with Crippen molar-refractivity contribution in [2.24, 2.45) is 0 Å². The zero-order valence-corrected chi connectivity index (χ0v) is 29.3. The molecular formula is C50H32N4. The van der Waals surface area contributed by atoms with E-state index < -0.39 is 0 Å². The lowest BCUT2D eigenvalue weighted by molar-refractivity contribution is 1.18. The maximum atomic E-state index is 5.29. The molecule has 0 aliphatic heterocycles. The summed E-state index contributed by atoms with van der Waals surface area (Å²) in [5, 5.41) is 4.46. The second kappa shape index (κ2) is 13.4. The van der Waals surface area contributed by atoms with Gasteiger partial charge in [-0.25, -0.2) is 19.9 Å². The molecule has 0 bridgehead atoms. The number of hydrogen-bond donors (Lipinski definition) is 0. The monoisotopic (exact) mass is 688 g/mol. The highest BCUT2D eigenvalue weighted by Gasteiger charge is 2.15. The molecule has 0 aliphatic carbocycles. The van der Waals surface area contributed by atoms with E-state index in [-0.39, 0.29) is 0 Å². The summed E-state index contributed by atoms with van der Waals surface area (Å²) in [4.78, 5) is 20.5. The van der Waals surface area contributed by atoms with Crippen molar-refractivity contribution >= 4 is 32.6 Å². The Labute approximate surface area is 313 Å². The zero-order valence-electron chi connectivity index (χ0n) is 29.3. The molecule has 0 radical (unpaired) electrons. The van der Waals surface area contributed by atoms with E-state index in [0.29, 0.717) is 5.82 Å². The van der Waals surface area contributed by atoms with Crippen LogP contribution in [0.2, 0.25) is 0 Å². The minimum absolute atomic E-state index is 0.697. The van der Waals surface area contributed by atoms with Gasteiger partial charge in [-0.3, -0.25) is 0 Å². The number of hydrogen-bond acceptors (Lipinski definition) is 4. The third-order valence-electron chi connectivity index (χ3n) is 10.1. The number of pyridine rings is 2. The summed E-state index contributed by atoms with van der Waals surface area (Å²) in [6, 6.07) is 67.4. The molecule has 0 aliphatic rings. The highest BCUT2D eigenvalue weighted by molar-refractivity contribution is 6.07. The van der Waals surface area contributed by atoms with Gasteiger partial charge in [0.15, 0.2) is 5.82 Å². The van der Waals surface area contributed by atoms with Crippen LogP contribution in [0.5, 0.6) is 0 Å². The van der Waals surface area contributed by atoms with Gasteiger partial charge in [0.25, 0.3) is 0 Å². The number of nitrogens with zero attached hydrogens (tertiary/aromatic N) is 4. The quantitative estimate of drug-likeness (QED) is 0.163. The van der Waals surface area contributed by atoms with Gasteiger partial charge in [0.2, 0.25) is 0 Å². The highest BCUT2D eigenvalue weighted by atomic mass is 14.9. The van der Waals surface area contributed by atoms with Gasteiger partial charge in [0.05, 0.1) is 33.8 Å². The first-order valence-electron chi connectivity index (χ1n) is 18.1. The molecule has 0 amide bonds. The van der Waals surface area contributed by atoms with Gasteiger partial charge in [-0.15, -0.1) is 0 Å². The van der Waals surface area contributed by atoms with Crippen molar-refractivity contribution < 1.29 is 0 Å². The number of rotatable bonds is 6. The molecule has 7 aromatic carbocycles. The maximum Gasteiger partial charge on any atom is 0.160 e. The van der Waals surface area contributed by atoms with Gasteiger partial charge in [-0.05, 0) is 40.1 Å². The molecule has 0 fully saturated rings. The average molecular weight is 689 g/mol. The lowest BCUT2D eigenvalue weighted by Gasteiger charge is -2.13. The van der Waals surface area contributed by atoms with E-state index in [0.717, 1.165) is 88.9 Å². The summed E-state index contributed by atoms with van der Waals surface area (Å²) in [7, 11) is 0. The Morgan fingerprint density at radius 1 is 0.259 bits per heavy atom. The van der Waals surface area contributed by atoms with Crippen molar-refractivity contribution in [1.29, 1.82) is 0 Å². The van der Waals surface area contributed by atoms with Crippen molar-refractivity contribution in [3.05, 3.63) is 194 Å². The van der Waals surface area contributed by atoms with Gasteiger partial charge in [0.1, 0.15) is 0 Å². The van der Waals surface area contributed by atoms with Crippen molar-refractivity contribution in [2.75, 3.05) is 0 Å². The van der Waals surface area contributed by atoms with Gasteiger partial charge >= 0.3 is 0 Å². The fourth-order valence-corrected chi connectivity index (χ4v) is 7.35. The molecule has 3 aromatic heterocycles. The molecule has 0 saturated carbocycles. The van der Waals surface area contributed by atoms with Gasteiger partial charge < -0.3 is 0 Å². The third kappa shape index (κ3) is 5.76. The van der Waals surface area contributed by atoms with Crippen LogP contribution in [0, 0.1) is 0 Å². The first kappa shape index (κ1) is 31.4. The number of aromatic nitrogens is 4. The summed E-state index contributed by atoms with van der Waals surface area (Å²) in [5.41, 5.74) is 13.0. The SMILES string of the molecule is c1ccc(-c2cc(-c3ccccc3)nc(-c3ccc(-c4ccc(-c5ccc6ccc7ccc(-c8ccccc8)nc7c6n5)c5ccccc45)cc3)n2)cc1. The smallest absolute Gasteiger partial charge is 0.160 e. The van der Waals surface area contributed by atoms with Crippen molar-refractivity contribution in [2.45, 2.75) is 0 Å². The van der Waals surface area contributed by atoms with Crippen molar-refractivity contribution in [3.8, 4) is 67.5 Å². The second-order valence-electron chi connectivity index (χ2n) is 13.4. The molecule has 4 nitrogen and oxygen atoms in total. The molecule has 0 saturated heterocycles. The molecule has 0 unspecified atom stereocenters. The van der Waals surface area contributed by atoms with E-state index in [2.05, 4.69) is 140 Å². The second-order valence-corrected chi connectivity index (χ2v) is 13.4. The van der Waals surface area contributed by atoms with E-state index in [9.17, 15) is 0 Å². The lowest BCUT2D eigenvalue weighted by Crippen LogP contribution is -1.96.